The van der Waals surface area contributed by atoms with Gasteiger partial charge in [-0.3, -0.25) is 4.99 Å². The first-order valence-corrected chi connectivity index (χ1v) is 9.05. The molecule has 4 nitrogen and oxygen atoms in total. The van der Waals surface area contributed by atoms with Gasteiger partial charge in [0.25, 0.3) is 0 Å². The van der Waals surface area contributed by atoms with Gasteiger partial charge in [0.05, 0.1) is 17.2 Å². The first-order valence-electron chi connectivity index (χ1n) is 7.29. The fraction of sp³-hybridized carbons (Fsp3) is 0.500. The number of thiophene rings is 1. The lowest BCUT2D eigenvalue weighted by Crippen LogP contribution is -2.43. The van der Waals surface area contributed by atoms with Gasteiger partial charge in [0, 0.05) is 36.3 Å². The second-order valence-electron chi connectivity index (χ2n) is 5.98. The lowest BCUT2D eigenvalue weighted by atomic mass is 9.91. The molecule has 0 aliphatic rings. The van der Waals surface area contributed by atoms with Crippen LogP contribution in [0.25, 0.3) is 0 Å². The highest BCUT2D eigenvalue weighted by Gasteiger charge is 2.22. The Labute approximate surface area is 164 Å². The molecule has 7 heteroatoms. The molecule has 2 aromatic rings. The Hall–Kier alpha value is -0.670. The third-order valence-corrected chi connectivity index (χ3v) is 5.57. The van der Waals surface area contributed by atoms with E-state index in [1.807, 2.05) is 21.0 Å². The fourth-order valence-electron chi connectivity index (χ4n) is 2.23. The van der Waals surface area contributed by atoms with Crippen LogP contribution in [0.1, 0.15) is 29.4 Å². The lowest BCUT2D eigenvalue weighted by Gasteiger charge is -2.28. The van der Waals surface area contributed by atoms with E-state index in [4.69, 9.17) is 0 Å². The van der Waals surface area contributed by atoms with Gasteiger partial charge in [0.2, 0.25) is 0 Å². The molecule has 0 unspecified atom stereocenters. The van der Waals surface area contributed by atoms with Crippen molar-refractivity contribution in [3.8, 4) is 0 Å². The zero-order chi connectivity index (χ0) is 16.2. The summed E-state index contributed by atoms with van der Waals surface area (Å²) in [6, 6.07) is 4.30. The number of hydrogen-bond donors (Lipinski definition) is 1. The number of nitrogens with zero attached hydrogens (tertiary/aromatic N) is 3. The number of rotatable bonds is 5. The topological polar surface area (TPSA) is 40.5 Å². The summed E-state index contributed by atoms with van der Waals surface area (Å²) in [6.45, 7) is 8.15. The summed E-state index contributed by atoms with van der Waals surface area (Å²) in [6.07, 6.45) is 0. The van der Waals surface area contributed by atoms with E-state index < -0.39 is 0 Å². The largest absolute Gasteiger partial charge is 0.355 e. The van der Waals surface area contributed by atoms with E-state index in [2.05, 4.69) is 56.9 Å². The molecule has 0 spiro atoms. The van der Waals surface area contributed by atoms with Gasteiger partial charge in [0.15, 0.2) is 5.96 Å². The number of guanidine groups is 1. The second-order valence-corrected chi connectivity index (χ2v) is 7.99. The highest BCUT2D eigenvalue weighted by atomic mass is 127. The standard InChI is InChI=1S/C16H24N4S2.HI/c1-12-19-13(10-22-12)9-20(5)15(17-4)18-11-16(2,3)14-7-6-8-21-14;/h6-8,10H,9,11H2,1-5H3,(H,17,18);1H. The average molecular weight is 464 g/mol. The molecular formula is C16H25IN4S2. The van der Waals surface area contributed by atoms with Gasteiger partial charge >= 0.3 is 0 Å². The Balaban J connectivity index is 0.00000264. The molecule has 0 saturated heterocycles. The molecule has 0 saturated carbocycles. The fourth-order valence-corrected chi connectivity index (χ4v) is 3.69. The number of halogens is 1. The van der Waals surface area contributed by atoms with Crippen molar-refractivity contribution in [2.75, 3.05) is 20.6 Å². The second kappa shape index (κ2) is 8.98. The Morgan fingerprint density at radius 2 is 2.13 bits per heavy atom. The Morgan fingerprint density at radius 3 is 2.65 bits per heavy atom. The van der Waals surface area contributed by atoms with E-state index >= 15 is 0 Å². The van der Waals surface area contributed by atoms with Crippen LogP contribution >= 0.6 is 46.7 Å². The highest BCUT2D eigenvalue weighted by Crippen LogP contribution is 2.26. The van der Waals surface area contributed by atoms with E-state index in [1.165, 1.54) is 4.88 Å². The van der Waals surface area contributed by atoms with Gasteiger partial charge < -0.3 is 10.2 Å². The Morgan fingerprint density at radius 1 is 1.39 bits per heavy atom. The van der Waals surface area contributed by atoms with Crippen LogP contribution in [0.15, 0.2) is 27.9 Å². The normalized spacial score (nSPS) is 12.0. The van der Waals surface area contributed by atoms with Crippen molar-refractivity contribution < 1.29 is 0 Å². The molecule has 0 amide bonds. The summed E-state index contributed by atoms with van der Waals surface area (Å²) >= 11 is 3.49. The van der Waals surface area contributed by atoms with Crippen molar-refractivity contribution >= 4 is 52.6 Å². The molecule has 2 aromatic heterocycles. The van der Waals surface area contributed by atoms with E-state index in [-0.39, 0.29) is 29.4 Å². The molecule has 0 aromatic carbocycles. The van der Waals surface area contributed by atoms with E-state index in [0.29, 0.717) is 0 Å². The monoisotopic (exact) mass is 464 g/mol. The van der Waals surface area contributed by atoms with Crippen molar-refractivity contribution in [2.24, 2.45) is 4.99 Å². The predicted molar refractivity (Wildman–Crippen MR) is 112 cm³/mol. The number of nitrogens with one attached hydrogen (secondary N) is 1. The summed E-state index contributed by atoms with van der Waals surface area (Å²) in [5, 5.41) is 8.82. The van der Waals surface area contributed by atoms with Crippen LogP contribution in [0, 0.1) is 6.92 Å². The zero-order valence-electron chi connectivity index (χ0n) is 14.3. The van der Waals surface area contributed by atoms with Gasteiger partial charge in [-0.15, -0.1) is 46.7 Å². The third kappa shape index (κ3) is 5.72. The first-order chi connectivity index (χ1) is 10.4. The van der Waals surface area contributed by atoms with Crippen LogP contribution in [0.5, 0.6) is 0 Å². The van der Waals surface area contributed by atoms with Crippen LogP contribution < -0.4 is 5.32 Å². The van der Waals surface area contributed by atoms with Crippen LogP contribution in [-0.4, -0.2) is 36.5 Å². The molecule has 0 fully saturated rings. The van der Waals surface area contributed by atoms with Crippen LogP contribution in [0.4, 0.5) is 0 Å². The molecule has 0 aliphatic heterocycles. The van der Waals surface area contributed by atoms with Crippen LogP contribution in [0.2, 0.25) is 0 Å². The number of aromatic nitrogens is 1. The van der Waals surface area contributed by atoms with Gasteiger partial charge in [-0.05, 0) is 18.4 Å². The lowest BCUT2D eigenvalue weighted by molar-refractivity contribution is 0.448. The van der Waals surface area contributed by atoms with Gasteiger partial charge in [-0.25, -0.2) is 4.98 Å². The number of thiazole rings is 1. The Kier molecular flexibility index (Phi) is 7.96. The minimum Gasteiger partial charge on any atom is -0.355 e. The maximum Gasteiger partial charge on any atom is 0.193 e. The SMILES string of the molecule is CN=C(NCC(C)(C)c1cccs1)N(C)Cc1csc(C)n1.I. The molecule has 0 atom stereocenters. The van der Waals surface area contributed by atoms with Crippen molar-refractivity contribution in [3.63, 3.8) is 0 Å². The molecule has 2 rings (SSSR count). The van der Waals surface area contributed by atoms with Crippen LogP contribution in [-0.2, 0) is 12.0 Å². The van der Waals surface area contributed by atoms with E-state index in [9.17, 15) is 0 Å². The molecule has 128 valence electrons. The maximum absolute atomic E-state index is 4.51. The third-order valence-electron chi connectivity index (χ3n) is 3.52. The number of aliphatic imine (C=N–C) groups is 1. The minimum atomic E-state index is 0. The van der Waals surface area contributed by atoms with Gasteiger partial charge in [-0.2, -0.15) is 0 Å². The van der Waals surface area contributed by atoms with Gasteiger partial charge in [0.1, 0.15) is 0 Å². The van der Waals surface area contributed by atoms with Crippen LogP contribution in [0.3, 0.4) is 0 Å². The molecule has 0 bridgehead atoms. The molecule has 0 aliphatic carbocycles. The average Bonchev–Trinajstić information content (AvgIpc) is 3.11. The van der Waals surface area contributed by atoms with E-state index in [1.54, 1.807) is 22.7 Å². The smallest absolute Gasteiger partial charge is 0.193 e. The minimum absolute atomic E-state index is 0. The molecule has 1 N–H and O–H groups in total. The maximum atomic E-state index is 4.51. The first kappa shape index (κ1) is 20.4. The molecular weight excluding hydrogens is 439 g/mol. The summed E-state index contributed by atoms with van der Waals surface area (Å²) in [5.74, 6) is 0.898. The van der Waals surface area contributed by atoms with Crippen molar-refractivity contribution in [1.29, 1.82) is 0 Å². The van der Waals surface area contributed by atoms with Gasteiger partial charge in [-0.1, -0.05) is 19.9 Å². The molecule has 23 heavy (non-hydrogen) atoms. The zero-order valence-corrected chi connectivity index (χ0v) is 18.3. The van der Waals surface area contributed by atoms with Crippen molar-refractivity contribution in [1.82, 2.24) is 15.2 Å². The summed E-state index contributed by atoms with van der Waals surface area (Å²) < 4.78 is 0. The quantitative estimate of drug-likeness (QED) is 0.411. The molecule has 0 radical (unpaired) electrons. The Bertz CT molecular complexity index is 620. The number of hydrogen-bond acceptors (Lipinski definition) is 4. The predicted octanol–water partition coefficient (Wildman–Crippen LogP) is 4.12. The highest BCUT2D eigenvalue weighted by molar-refractivity contribution is 14.0. The van der Waals surface area contributed by atoms with Crippen molar-refractivity contribution in [3.05, 3.63) is 38.5 Å². The summed E-state index contributed by atoms with van der Waals surface area (Å²) in [7, 11) is 3.87. The van der Waals surface area contributed by atoms with Crippen molar-refractivity contribution in [2.45, 2.75) is 32.7 Å². The summed E-state index contributed by atoms with van der Waals surface area (Å²) in [5.41, 5.74) is 1.17. The van der Waals surface area contributed by atoms with E-state index in [0.717, 1.165) is 29.8 Å². The summed E-state index contributed by atoms with van der Waals surface area (Å²) in [4.78, 5) is 12.4. The number of aryl methyl sites for hydroxylation is 1. The molecule has 2 heterocycles.